The Bertz CT molecular complexity index is 468. The standard InChI is InChI=1S/C14H18F3NO/c1-8(2)18-7-12(9(3)19)11-6-10(14(15,16)17)4-5-13(11)18/h4-6,8-9,12,19H,7H2,1-3H3. The molecule has 0 amide bonds. The zero-order valence-corrected chi connectivity index (χ0v) is 11.2. The molecule has 0 fully saturated rings. The Morgan fingerprint density at radius 2 is 1.89 bits per heavy atom. The van der Waals surface area contributed by atoms with Gasteiger partial charge in [0, 0.05) is 24.2 Å². The molecule has 106 valence electrons. The summed E-state index contributed by atoms with van der Waals surface area (Å²) < 4.78 is 38.3. The highest BCUT2D eigenvalue weighted by Crippen LogP contribution is 2.42. The zero-order valence-electron chi connectivity index (χ0n) is 11.2. The monoisotopic (exact) mass is 273 g/mol. The van der Waals surface area contributed by atoms with Crippen molar-refractivity contribution in [2.24, 2.45) is 0 Å². The first kappa shape index (κ1) is 14.2. The molecule has 0 spiro atoms. The number of benzene rings is 1. The van der Waals surface area contributed by atoms with Crippen LogP contribution in [0.25, 0.3) is 0 Å². The van der Waals surface area contributed by atoms with Gasteiger partial charge in [-0.2, -0.15) is 13.2 Å². The topological polar surface area (TPSA) is 23.5 Å². The number of fused-ring (bicyclic) bond motifs is 1. The van der Waals surface area contributed by atoms with Crippen LogP contribution in [0.1, 0.15) is 37.8 Å². The van der Waals surface area contributed by atoms with Gasteiger partial charge in [0.2, 0.25) is 0 Å². The maximum Gasteiger partial charge on any atom is 0.416 e. The number of halogens is 3. The summed E-state index contributed by atoms with van der Waals surface area (Å²) in [5.74, 6) is -0.264. The van der Waals surface area contributed by atoms with Crippen LogP contribution in [0.2, 0.25) is 0 Å². The highest BCUT2D eigenvalue weighted by Gasteiger charge is 2.37. The van der Waals surface area contributed by atoms with E-state index >= 15 is 0 Å². The SMILES string of the molecule is CC(O)C1CN(C(C)C)c2ccc(C(F)(F)F)cc21. The molecule has 19 heavy (non-hydrogen) atoms. The summed E-state index contributed by atoms with van der Waals surface area (Å²) in [6.45, 7) is 6.17. The summed E-state index contributed by atoms with van der Waals surface area (Å²) in [6.07, 6.45) is -5.00. The van der Waals surface area contributed by atoms with E-state index in [2.05, 4.69) is 0 Å². The molecular formula is C14H18F3NO. The lowest BCUT2D eigenvalue weighted by Crippen LogP contribution is -2.31. The van der Waals surface area contributed by atoms with Crippen molar-refractivity contribution in [1.29, 1.82) is 0 Å². The van der Waals surface area contributed by atoms with Gasteiger partial charge in [-0.05, 0) is 44.5 Å². The second-order valence-electron chi connectivity index (χ2n) is 5.36. The fourth-order valence-electron chi connectivity index (χ4n) is 2.60. The van der Waals surface area contributed by atoms with Crippen LogP contribution in [-0.2, 0) is 6.18 Å². The van der Waals surface area contributed by atoms with Crippen molar-refractivity contribution >= 4 is 5.69 Å². The molecule has 0 bridgehead atoms. The molecule has 1 aromatic rings. The molecule has 1 N–H and O–H groups in total. The number of rotatable bonds is 2. The lowest BCUT2D eigenvalue weighted by molar-refractivity contribution is -0.137. The second-order valence-corrected chi connectivity index (χ2v) is 5.36. The molecule has 1 aliphatic heterocycles. The third kappa shape index (κ3) is 2.56. The number of hydrogen-bond donors (Lipinski definition) is 1. The molecule has 1 heterocycles. The first-order valence-corrected chi connectivity index (χ1v) is 6.37. The van der Waals surface area contributed by atoms with Gasteiger partial charge in [0.25, 0.3) is 0 Å². The normalized spacial score (nSPS) is 20.8. The maximum atomic E-state index is 12.8. The summed E-state index contributed by atoms with van der Waals surface area (Å²) in [5, 5.41) is 9.78. The first-order chi connectivity index (χ1) is 8.71. The average Bonchev–Trinajstić information content (AvgIpc) is 2.66. The van der Waals surface area contributed by atoms with Crippen LogP contribution in [0.15, 0.2) is 18.2 Å². The predicted octanol–water partition coefficient (Wildman–Crippen LogP) is 3.40. The number of aliphatic hydroxyl groups is 1. The molecule has 0 radical (unpaired) electrons. The number of anilines is 1. The van der Waals surface area contributed by atoms with Crippen molar-refractivity contribution in [2.75, 3.05) is 11.4 Å². The van der Waals surface area contributed by atoms with E-state index < -0.39 is 17.8 Å². The molecule has 0 saturated carbocycles. The molecular weight excluding hydrogens is 255 g/mol. The van der Waals surface area contributed by atoms with Gasteiger partial charge in [0.05, 0.1) is 11.7 Å². The van der Waals surface area contributed by atoms with Gasteiger partial charge >= 0.3 is 6.18 Å². The molecule has 2 rings (SSSR count). The van der Waals surface area contributed by atoms with Gasteiger partial charge in [0.15, 0.2) is 0 Å². The van der Waals surface area contributed by atoms with Crippen LogP contribution < -0.4 is 4.90 Å². The quantitative estimate of drug-likeness (QED) is 0.892. The van der Waals surface area contributed by atoms with Gasteiger partial charge in [-0.25, -0.2) is 0 Å². The minimum Gasteiger partial charge on any atom is -0.393 e. The molecule has 1 aliphatic rings. The molecule has 0 aromatic heterocycles. The van der Waals surface area contributed by atoms with Gasteiger partial charge < -0.3 is 10.0 Å². The predicted molar refractivity (Wildman–Crippen MR) is 68.3 cm³/mol. The van der Waals surface area contributed by atoms with Crippen molar-refractivity contribution in [1.82, 2.24) is 0 Å². The van der Waals surface area contributed by atoms with E-state index in [0.29, 0.717) is 12.1 Å². The second kappa shape index (κ2) is 4.71. The van der Waals surface area contributed by atoms with Gasteiger partial charge in [-0.15, -0.1) is 0 Å². The lowest BCUT2D eigenvalue weighted by Gasteiger charge is -2.25. The molecule has 5 heteroatoms. The fourth-order valence-corrected chi connectivity index (χ4v) is 2.60. The molecule has 2 unspecified atom stereocenters. The van der Waals surface area contributed by atoms with Crippen LogP contribution in [0, 0.1) is 0 Å². The smallest absolute Gasteiger partial charge is 0.393 e. The van der Waals surface area contributed by atoms with E-state index in [1.165, 1.54) is 12.1 Å². The van der Waals surface area contributed by atoms with Crippen molar-refractivity contribution < 1.29 is 18.3 Å². The largest absolute Gasteiger partial charge is 0.416 e. The number of hydrogen-bond acceptors (Lipinski definition) is 2. The van der Waals surface area contributed by atoms with Crippen LogP contribution in [0.4, 0.5) is 18.9 Å². The Morgan fingerprint density at radius 1 is 1.26 bits per heavy atom. The third-order valence-corrected chi connectivity index (χ3v) is 3.66. The summed E-state index contributed by atoms with van der Waals surface area (Å²) >= 11 is 0. The number of aliphatic hydroxyl groups excluding tert-OH is 1. The average molecular weight is 273 g/mol. The van der Waals surface area contributed by atoms with Crippen molar-refractivity contribution in [3.8, 4) is 0 Å². The Kier molecular flexibility index (Phi) is 3.51. The van der Waals surface area contributed by atoms with E-state index in [0.717, 1.165) is 11.8 Å². The van der Waals surface area contributed by atoms with Gasteiger partial charge in [-0.1, -0.05) is 0 Å². The minimum atomic E-state index is -4.34. The zero-order chi connectivity index (χ0) is 14.4. The van der Waals surface area contributed by atoms with Crippen LogP contribution in [0.3, 0.4) is 0 Å². The minimum absolute atomic E-state index is 0.194. The van der Waals surface area contributed by atoms with E-state index in [1.807, 2.05) is 18.7 Å². The summed E-state index contributed by atoms with van der Waals surface area (Å²) in [5.41, 5.74) is 0.745. The van der Waals surface area contributed by atoms with Gasteiger partial charge in [0.1, 0.15) is 0 Å². The number of alkyl halides is 3. The van der Waals surface area contributed by atoms with E-state index in [-0.39, 0.29) is 12.0 Å². The highest BCUT2D eigenvalue weighted by molar-refractivity contribution is 5.62. The lowest BCUT2D eigenvalue weighted by atomic mass is 9.95. The van der Waals surface area contributed by atoms with Crippen molar-refractivity contribution in [3.05, 3.63) is 29.3 Å². The Hall–Kier alpha value is -1.23. The Labute approximate surface area is 110 Å². The van der Waals surface area contributed by atoms with Crippen molar-refractivity contribution in [2.45, 2.75) is 45.0 Å². The van der Waals surface area contributed by atoms with Crippen LogP contribution in [-0.4, -0.2) is 23.8 Å². The molecule has 0 aliphatic carbocycles. The van der Waals surface area contributed by atoms with Gasteiger partial charge in [-0.3, -0.25) is 0 Å². The van der Waals surface area contributed by atoms with E-state index in [9.17, 15) is 18.3 Å². The molecule has 1 aromatic carbocycles. The third-order valence-electron chi connectivity index (χ3n) is 3.66. The summed E-state index contributed by atoms with van der Waals surface area (Å²) in [7, 11) is 0. The van der Waals surface area contributed by atoms with Crippen LogP contribution >= 0.6 is 0 Å². The van der Waals surface area contributed by atoms with E-state index in [4.69, 9.17) is 0 Å². The summed E-state index contributed by atoms with van der Waals surface area (Å²) in [4.78, 5) is 2.03. The molecule has 2 atom stereocenters. The maximum absolute atomic E-state index is 12.8. The van der Waals surface area contributed by atoms with E-state index in [1.54, 1.807) is 6.92 Å². The van der Waals surface area contributed by atoms with Crippen LogP contribution in [0.5, 0.6) is 0 Å². The highest BCUT2D eigenvalue weighted by atomic mass is 19.4. The summed E-state index contributed by atoms with van der Waals surface area (Å²) in [6, 6.07) is 3.99. The Morgan fingerprint density at radius 3 is 2.37 bits per heavy atom. The molecule has 0 saturated heterocycles. The first-order valence-electron chi connectivity index (χ1n) is 6.37. The van der Waals surface area contributed by atoms with Crippen molar-refractivity contribution in [3.63, 3.8) is 0 Å². The fraction of sp³-hybridized carbons (Fsp3) is 0.571. The molecule has 2 nitrogen and oxygen atoms in total. The number of nitrogens with zero attached hydrogens (tertiary/aromatic N) is 1. The Balaban J connectivity index is 2.49.